The van der Waals surface area contributed by atoms with Crippen LogP contribution < -0.4 is 14.4 Å². The van der Waals surface area contributed by atoms with Gasteiger partial charge >= 0.3 is 0 Å². The summed E-state index contributed by atoms with van der Waals surface area (Å²) in [5.41, 5.74) is 10.0. The van der Waals surface area contributed by atoms with Crippen molar-refractivity contribution in [1.29, 1.82) is 0 Å². The first-order chi connectivity index (χ1) is 32.9. The van der Waals surface area contributed by atoms with Crippen LogP contribution in [-0.4, -0.2) is 13.2 Å². The molecule has 350 valence electrons. The van der Waals surface area contributed by atoms with Crippen molar-refractivity contribution in [1.82, 2.24) is 0 Å². The van der Waals surface area contributed by atoms with Crippen molar-refractivity contribution in [2.24, 2.45) is 0 Å². The van der Waals surface area contributed by atoms with Gasteiger partial charge in [0.05, 0.1) is 13.2 Å². The Morgan fingerprint density at radius 1 is 0.343 bits per heavy atom. The summed E-state index contributed by atoms with van der Waals surface area (Å²) in [7, 11) is 0. The van der Waals surface area contributed by atoms with E-state index in [1.54, 1.807) is 0 Å². The molecule has 0 heterocycles. The average molecular weight is 1020 g/mol. The quantitative estimate of drug-likeness (QED) is 0.0345. The Bertz CT molecular complexity index is 2280. The van der Waals surface area contributed by atoms with E-state index in [1.807, 2.05) is 0 Å². The van der Waals surface area contributed by atoms with Gasteiger partial charge in [0.2, 0.25) is 0 Å². The summed E-state index contributed by atoms with van der Waals surface area (Å²) in [5.74, 6) is 1.86. The maximum Gasteiger partial charge on any atom is 0.119 e. The molecule has 0 saturated heterocycles. The minimum absolute atomic E-state index is 0.762. The van der Waals surface area contributed by atoms with E-state index in [-0.39, 0.29) is 0 Å². The van der Waals surface area contributed by atoms with Crippen LogP contribution in [0.15, 0.2) is 148 Å². The van der Waals surface area contributed by atoms with Gasteiger partial charge in [-0.05, 0) is 149 Å². The lowest BCUT2D eigenvalue weighted by molar-refractivity contribution is 0.304. The van der Waals surface area contributed by atoms with Crippen LogP contribution in [0.1, 0.15) is 150 Å². The highest BCUT2D eigenvalue weighted by Gasteiger charge is 2.12. The normalized spacial score (nSPS) is 11.6. The number of unbranched alkanes of at least 4 members (excludes halogenated alkanes) is 14. The van der Waals surface area contributed by atoms with E-state index in [1.165, 1.54) is 89.9 Å². The summed E-state index contributed by atoms with van der Waals surface area (Å²) < 4.78 is 14.5. The van der Waals surface area contributed by atoms with Gasteiger partial charge in [0.25, 0.3) is 0 Å². The van der Waals surface area contributed by atoms with E-state index in [0.29, 0.717) is 0 Å². The third-order valence-electron chi connectivity index (χ3n) is 12.0. The zero-order valence-electron chi connectivity index (χ0n) is 40.0. The maximum atomic E-state index is 6.20. The molecule has 0 amide bonds. The Hall–Kier alpha value is -5.10. The lowest BCUT2D eigenvalue weighted by atomic mass is 10.0. The Kier molecular flexibility index (Phi) is 22.7. The van der Waals surface area contributed by atoms with Gasteiger partial charge in [-0.1, -0.05) is 208 Å². The summed E-state index contributed by atoms with van der Waals surface area (Å²) >= 11 is 7.21. The van der Waals surface area contributed by atoms with Crippen LogP contribution in [-0.2, 0) is 0 Å². The predicted octanol–water partition coefficient (Wildman–Crippen LogP) is 20.2. The fraction of sp³-hybridized carbons (Fsp3) is 0.323. The largest absolute Gasteiger partial charge is 0.494 e. The third kappa shape index (κ3) is 18.8. The van der Waals surface area contributed by atoms with Gasteiger partial charge in [-0.2, -0.15) is 0 Å². The average Bonchev–Trinajstić information content (AvgIpc) is 3.35. The molecular formula is C62H71Br2NO2. The van der Waals surface area contributed by atoms with Gasteiger partial charge in [0, 0.05) is 26.0 Å². The molecule has 0 aromatic heterocycles. The van der Waals surface area contributed by atoms with Crippen molar-refractivity contribution >= 4 is 85.4 Å². The molecule has 0 aliphatic carbocycles. The van der Waals surface area contributed by atoms with Crippen LogP contribution >= 0.6 is 31.9 Å². The van der Waals surface area contributed by atoms with Gasteiger partial charge < -0.3 is 14.4 Å². The number of hydrogen-bond donors (Lipinski definition) is 0. The Morgan fingerprint density at radius 3 is 1.06 bits per heavy atom. The molecule has 0 fully saturated rings. The van der Waals surface area contributed by atoms with Crippen molar-refractivity contribution in [3.63, 3.8) is 0 Å². The minimum Gasteiger partial charge on any atom is -0.494 e. The summed E-state index contributed by atoms with van der Waals surface area (Å²) in [6.45, 7) is 6.07. The molecule has 0 spiro atoms. The number of nitrogens with zero attached hydrogens (tertiary/aromatic N) is 1. The second-order valence-corrected chi connectivity index (χ2v) is 19.4. The molecule has 6 aromatic rings. The van der Waals surface area contributed by atoms with Crippen molar-refractivity contribution in [2.75, 3.05) is 18.1 Å². The smallest absolute Gasteiger partial charge is 0.119 e. The highest BCUT2D eigenvalue weighted by Crippen LogP contribution is 2.36. The predicted molar refractivity (Wildman–Crippen MR) is 299 cm³/mol. The molecule has 3 nitrogen and oxygen atoms in total. The van der Waals surface area contributed by atoms with Gasteiger partial charge in [-0.3, -0.25) is 0 Å². The number of benzene rings is 6. The highest BCUT2D eigenvalue weighted by atomic mass is 79.9. The minimum atomic E-state index is 0.762. The van der Waals surface area contributed by atoms with E-state index in [4.69, 9.17) is 9.47 Å². The number of anilines is 3. The van der Waals surface area contributed by atoms with Gasteiger partial charge in [0.15, 0.2) is 0 Å². The lowest BCUT2D eigenvalue weighted by Gasteiger charge is -2.25. The van der Waals surface area contributed by atoms with Crippen LogP contribution in [0.3, 0.4) is 0 Å². The van der Waals surface area contributed by atoms with Crippen LogP contribution in [0, 0.1) is 0 Å². The molecule has 5 heteroatoms. The van der Waals surface area contributed by atoms with Crippen LogP contribution in [0.4, 0.5) is 17.1 Å². The molecule has 0 saturated carbocycles. The van der Waals surface area contributed by atoms with E-state index in [2.05, 4.69) is 227 Å². The van der Waals surface area contributed by atoms with E-state index in [9.17, 15) is 0 Å². The topological polar surface area (TPSA) is 21.7 Å². The second kappa shape index (κ2) is 29.6. The van der Waals surface area contributed by atoms with Crippen molar-refractivity contribution in [3.8, 4) is 11.5 Å². The summed E-state index contributed by atoms with van der Waals surface area (Å²) in [6.07, 6.45) is 33.9. The standard InChI is InChI=1S/C62H71Br2NO2/c1-3-5-7-9-11-13-15-17-43-66-61-23-19-21-51(48-61)26-29-54-45-53(46-55(47-54)30-27-52-22-20-24-62(49-52)67-44-18-16-14-12-10-8-6-4-2)28-25-50-31-37-58(38-32-50)65(59-39-33-56(63)34-40-59)60-41-35-57(64)36-42-60/h19-42,45-49H,3-18,43-44H2,1-2H3/b28-25+,29-26+,30-27+. The van der Waals surface area contributed by atoms with E-state index >= 15 is 0 Å². The first-order valence-corrected chi connectivity index (χ1v) is 26.6. The molecule has 0 unspecified atom stereocenters. The Labute approximate surface area is 420 Å². The first-order valence-electron chi connectivity index (χ1n) is 25.0. The molecular weight excluding hydrogens is 950 g/mol. The first kappa shape index (κ1) is 51.3. The number of hydrogen-bond acceptors (Lipinski definition) is 3. The molecule has 0 radical (unpaired) electrons. The van der Waals surface area contributed by atoms with Crippen molar-refractivity contribution in [2.45, 2.75) is 117 Å². The van der Waals surface area contributed by atoms with Crippen molar-refractivity contribution in [3.05, 3.63) is 182 Å². The van der Waals surface area contributed by atoms with Gasteiger partial charge in [0.1, 0.15) is 11.5 Å². The SMILES string of the molecule is CCCCCCCCCCOc1cccc(/C=C/c2cc(/C=C/c3ccc(N(c4ccc(Br)cc4)c4ccc(Br)cc4)cc3)cc(/C=C/c3cccc(OCCCCCCCCCC)c3)c2)c1. The molecule has 0 atom stereocenters. The monoisotopic (exact) mass is 1020 g/mol. The Balaban J connectivity index is 1.16. The molecule has 67 heavy (non-hydrogen) atoms. The molecule has 6 aromatic carbocycles. The van der Waals surface area contributed by atoms with Crippen molar-refractivity contribution < 1.29 is 9.47 Å². The van der Waals surface area contributed by atoms with Crippen LogP contribution in [0.2, 0.25) is 0 Å². The molecule has 0 aliphatic rings. The third-order valence-corrected chi connectivity index (χ3v) is 13.0. The highest BCUT2D eigenvalue weighted by molar-refractivity contribution is 9.10. The zero-order valence-corrected chi connectivity index (χ0v) is 43.2. The van der Waals surface area contributed by atoms with Gasteiger partial charge in [-0.25, -0.2) is 0 Å². The molecule has 0 aliphatic heterocycles. The summed E-state index contributed by atoms with van der Waals surface area (Å²) in [6, 6.07) is 49.3. The number of rotatable bonds is 29. The maximum absolute atomic E-state index is 6.20. The summed E-state index contributed by atoms with van der Waals surface area (Å²) in [4.78, 5) is 2.28. The second-order valence-electron chi connectivity index (χ2n) is 17.6. The Morgan fingerprint density at radius 2 is 0.672 bits per heavy atom. The lowest BCUT2D eigenvalue weighted by Crippen LogP contribution is -2.09. The van der Waals surface area contributed by atoms with Crippen LogP contribution in [0.5, 0.6) is 11.5 Å². The zero-order chi connectivity index (χ0) is 46.7. The van der Waals surface area contributed by atoms with E-state index < -0.39 is 0 Å². The molecule has 0 bridgehead atoms. The molecule has 6 rings (SSSR count). The number of ether oxygens (including phenoxy) is 2. The van der Waals surface area contributed by atoms with E-state index in [0.717, 1.165) is 96.9 Å². The fourth-order valence-electron chi connectivity index (χ4n) is 8.20. The molecule has 0 N–H and O–H groups in total. The fourth-order valence-corrected chi connectivity index (χ4v) is 8.73. The summed E-state index contributed by atoms with van der Waals surface area (Å²) in [5, 5.41) is 0. The number of halogens is 2. The van der Waals surface area contributed by atoms with Gasteiger partial charge in [-0.15, -0.1) is 0 Å². The van der Waals surface area contributed by atoms with Crippen LogP contribution in [0.25, 0.3) is 36.5 Å².